The van der Waals surface area contributed by atoms with E-state index in [0.29, 0.717) is 15.6 Å². The molecule has 1 N–H and O–H groups in total. The number of carbonyl (C=O) groups excluding carboxylic acids is 2. The molecule has 3 aromatic rings. The molecular formula is C19H16ClNO3S. The molecule has 0 spiro atoms. The molecule has 0 aliphatic heterocycles. The van der Waals surface area contributed by atoms with Crippen LogP contribution in [0, 0.1) is 13.8 Å². The first-order valence-electron chi connectivity index (χ1n) is 7.67. The van der Waals surface area contributed by atoms with Gasteiger partial charge in [0.05, 0.1) is 10.7 Å². The Hall–Kier alpha value is -2.37. The van der Waals surface area contributed by atoms with Crippen molar-refractivity contribution in [2.24, 2.45) is 0 Å². The number of anilines is 1. The first kappa shape index (κ1) is 17.5. The minimum absolute atomic E-state index is 0.364. The SMILES string of the molecule is Cc1ccc(NC(=O)COC(=O)c2sc3ccccc3c2C)c(Cl)c1. The lowest BCUT2D eigenvalue weighted by Crippen LogP contribution is -2.21. The maximum absolute atomic E-state index is 12.3. The first-order chi connectivity index (χ1) is 12.0. The van der Waals surface area contributed by atoms with E-state index in [-0.39, 0.29) is 6.61 Å². The van der Waals surface area contributed by atoms with E-state index in [1.165, 1.54) is 11.3 Å². The highest BCUT2D eigenvalue weighted by Gasteiger charge is 2.18. The van der Waals surface area contributed by atoms with Crippen LogP contribution in [0.15, 0.2) is 42.5 Å². The molecule has 25 heavy (non-hydrogen) atoms. The average molecular weight is 374 g/mol. The summed E-state index contributed by atoms with van der Waals surface area (Å²) in [5.74, 6) is -0.929. The zero-order valence-electron chi connectivity index (χ0n) is 13.8. The summed E-state index contributed by atoms with van der Waals surface area (Å²) in [5.41, 5.74) is 2.36. The van der Waals surface area contributed by atoms with E-state index in [1.54, 1.807) is 12.1 Å². The minimum Gasteiger partial charge on any atom is -0.451 e. The Labute approximate surface area is 154 Å². The molecule has 128 valence electrons. The fraction of sp³-hybridized carbons (Fsp3) is 0.158. The molecule has 0 unspecified atom stereocenters. The van der Waals surface area contributed by atoms with Gasteiger partial charge in [0, 0.05) is 4.70 Å². The maximum atomic E-state index is 12.3. The summed E-state index contributed by atoms with van der Waals surface area (Å²) < 4.78 is 6.17. The van der Waals surface area contributed by atoms with Gasteiger partial charge in [0.2, 0.25) is 0 Å². The van der Waals surface area contributed by atoms with Gasteiger partial charge in [-0.15, -0.1) is 11.3 Å². The molecule has 1 heterocycles. The van der Waals surface area contributed by atoms with Gasteiger partial charge in [0.15, 0.2) is 6.61 Å². The Kier molecular flexibility index (Phi) is 5.06. The van der Waals surface area contributed by atoms with Gasteiger partial charge in [0.25, 0.3) is 5.91 Å². The van der Waals surface area contributed by atoms with Gasteiger partial charge < -0.3 is 10.1 Å². The Balaban J connectivity index is 1.65. The van der Waals surface area contributed by atoms with Gasteiger partial charge in [-0.05, 0) is 48.6 Å². The molecule has 4 nitrogen and oxygen atoms in total. The van der Waals surface area contributed by atoms with Crippen molar-refractivity contribution in [1.82, 2.24) is 0 Å². The quantitative estimate of drug-likeness (QED) is 0.657. The average Bonchev–Trinajstić information content (AvgIpc) is 2.93. The second kappa shape index (κ2) is 7.25. The van der Waals surface area contributed by atoms with E-state index in [9.17, 15) is 9.59 Å². The summed E-state index contributed by atoms with van der Waals surface area (Å²) in [7, 11) is 0. The maximum Gasteiger partial charge on any atom is 0.349 e. The molecule has 0 fully saturated rings. The molecule has 1 amide bonds. The van der Waals surface area contributed by atoms with E-state index < -0.39 is 11.9 Å². The molecule has 1 aromatic heterocycles. The number of aryl methyl sites for hydroxylation is 2. The third kappa shape index (κ3) is 3.83. The van der Waals surface area contributed by atoms with Crippen LogP contribution in [-0.4, -0.2) is 18.5 Å². The first-order valence-corrected chi connectivity index (χ1v) is 8.86. The highest BCUT2D eigenvalue weighted by molar-refractivity contribution is 7.21. The molecule has 0 aliphatic carbocycles. The number of amides is 1. The van der Waals surface area contributed by atoms with Crippen LogP contribution in [0.2, 0.25) is 5.02 Å². The molecule has 6 heteroatoms. The number of halogens is 1. The van der Waals surface area contributed by atoms with E-state index in [1.807, 2.05) is 44.2 Å². The third-order valence-corrected chi connectivity index (χ3v) is 5.33. The molecule has 3 rings (SSSR count). The summed E-state index contributed by atoms with van der Waals surface area (Å²) in [5, 5.41) is 4.11. The van der Waals surface area contributed by atoms with Crippen molar-refractivity contribution in [2.75, 3.05) is 11.9 Å². The van der Waals surface area contributed by atoms with Crippen LogP contribution < -0.4 is 5.32 Å². The summed E-state index contributed by atoms with van der Waals surface area (Å²) >= 11 is 7.44. The number of thiophene rings is 1. The monoisotopic (exact) mass is 373 g/mol. The predicted molar refractivity (Wildman–Crippen MR) is 102 cm³/mol. The van der Waals surface area contributed by atoms with Gasteiger partial charge in [-0.2, -0.15) is 0 Å². The van der Waals surface area contributed by atoms with Crippen molar-refractivity contribution in [1.29, 1.82) is 0 Å². The Bertz CT molecular complexity index is 964. The van der Waals surface area contributed by atoms with Crippen molar-refractivity contribution in [3.63, 3.8) is 0 Å². The number of hydrogen-bond donors (Lipinski definition) is 1. The van der Waals surface area contributed by atoms with Crippen molar-refractivity contribution in [3.05, 3.63) is 63.5 Å². The van der Waals surface area contributed by atoms with E-state index >= 15 is 0 Å². The van der Waals surface area contributed by atoms with Crippen molar-refractivity contribution in [3.8, 4) is 0 Å². The van der Waals surface area contributed by atoms with Crippen molar-refractivity contribution >= 4 is 50.6 Å². The lowest BCUT2D eigenvalue weighted by atomic mass is 10.1. The van der Waals surface area contributed by atoms with E-state index in [0.717, 1.165) is 21.2 Å². The van der Waals surface area contributed by atoms with Crippen LogP contribution in [0.1, 0.15) is 20.8 Å². The number of hydrogen-bond acceptors (Lipinski definition) is 4. The lowest BCUT2D eigenvalue weighted by Gasteiger charge is -2.08. The van der Waals surface area contributed by atoms with Gasteiger partial charge in [0.1, 0.15) is 4.88 Å². The minimum atomic E-state index is -0.496. The highest BCUT2D eigenvalue weighted by atomic mass is 35.5. The summed E-state index contributed by atoms with van der Waals surface area (Å²) in [6.45, 7) is 3.42. The number of benzene rings is 2. The molecule has 0 aliphatic rings. The number of esters is 1. The molecule has 0 saturated carbocycles. The van der Waals surface area contributed by atoms with Crippen LogP contribution in [-0.2, 0) is 9.53 Å². The second-order valence-electron chi connectivity index (χ2n) is 5.66. The molecule has 0 bridgehead atoms. The molecule has 0 saturated heterocycles. The van der Waals surface area contributed by atoms with Gasteiger partial charge in [-0.25, -0.2) is 4.79 Å². The lowest BCUT2D eigenvalue weighted by molar-refractivity contribution is -0.119. The smallest absolute Gasteiger partial charge is 0.349 e. The topological polar surface area (TPSA) is 55.4 Å². The van der Waals surface area contributed by atoms with E-state index in [4.69, 9.17) is 16.3 Å². The third-order valence-electron chi connectivity index (χ3n) is 3.76. The Morgan fingerprint density at radius 1 is 1.16 bits per heavy atom. The molecule has 0 radical (unpaired) electrons. The number of nitrogens with one attached hydrogen (secondary N) is 1. The normalized spacial score (nSPS) is 10.7. The van der Waals surface area contributed by atoms with Crippen LogP contribution in [0.25, 0.3) is 10.1 Å². The van der Waals surface area contributed by atoms with Crippen molar-refractivity contribution in [2.45, 2.75) is 13.8 Å². The number of carbonyl (C=O) groups is 2. The number of ether oxygens (including phenoxy) is 1. The second-order valence-corrected chi connectivity index (χ2v) is 7.12. The zero-order valence-corrected chi connectivity index (χ0v) is 15.3. The molecular weight excluding hydrogens is 358 g/mol. The van der Waals surface area contributed by atoms with E-state index in [2.05, 4.69) is 5.32 Å². The van der Waals surface area contributed by atoms with Gasteiger partial charge in [-0.3, -0.25) is 4.79 Å². The van der Waals surface area contributed by atoms with Crippen LogP contribution >= 0.6 is 22.9 Å². The zero-order chi connectivity index (χ0) is 18.0. The van der Waals surface area contributed by atoms with Gasteiger partial charge in [-0.1, -0.05) is 35.9 Å². The molecule has 2 aromatic carbocycles. The van der Waals surface area contributed by atoms with Crippen molar-refractivity contribution < 1.29 is 14.3 Å². The highest BCUT2D eigenvalue weighted by Crippen LogP contribution is 2.31. The summed E-state index contributed by atoms with van der Waals surface area (Å²) in [6.07, 6.45) is 0. The summed E-state index contributed by atoms with van der Waals surface area (Å²) in [6, 6.07) is 13.1. The fourth-order valence-corrected chi connectivity index (χ4v) is 3.86. The number of fused-ring (bicyclic) bond motifs is 1. The largest absolute Gasteiger partial charge is 0.451 e. The summed E-state index contributed by atoms with van der Waals surface area (Å²) in [4.78, 5) is 24.8. The standard InChI is InChI=1S/C19H16ClNO3S/c1-11-7-8-15(14(20)9-11)21-17(22)10-24-19(23)18-12(2)13-5-3-4-6-16(13)25-18/h3-9H,10H2,1-2H3,(H,21,22). The van der Waals surface area contributed by atoms with Gasteiger partial charge >= 0.3 is 5.97 Å². The predicted octanol–water partition coefficient (Wildman–Crippen LogP) is 4.97. The van der Waals surface area contributed by atoms with Crippen LogP contribution in [0.4, 0.5) is 5.69 Å². The van der Waals surface area contributed by atoms with Crippen LogP contribution in [0.5, 0.6) is 0 Å². The number of rotatable bonds is 4. The Morgan fingerprint density at radius 2 is 1.92 bits per heavy atom. The Morgan fingerprint density at radius 3 is 2.64 bits per heavy atom. The van der Waals surface area contributed by atoms with Crippen LogP contribution in [0.3, 0.4) is 0 Å². The molecule has 0 atom stereocenters. The fourth-order valence-electron chi connectivity index (χ4n) is 2.47.